The van der Waals surface area contributed by atoms with Crippen LogP contribution in [0.3, 0.4) is 0 Å². The SMILES string of the molecule is O=C(/C(=C(\CC(=O)N1CCOCC1)c1ccccc1)c1ccccc1)c1ccccc1. The van der Waals surface area contributed by atoms with Crippen molar-refractivity contribution < 1.29 is 14.3 Å². The summed E-state index contributed by atoms with van der Waals surface area (Å²) in [7, 11) is 0. The Balaban J connectivity index is 1.85. The van der Waals surface area contributed by atoms with Crippen molar-refractivity contribution in [3.8, 4) is 0 Å². The fourth-order valence-corrected chi connectivity index (χ4v) is 3.83. The molecule has 0 N–H and O–H groups in total. The lowest BCUT2D eigenvalue weighted by molar-refractivity contribution is -0.134. The molecular formula is C27H25NO3. The van der Waals surface area contributed by atoms with Crippen LogP contribution in [-0.4, -0.2) is 42.9 Å². The summed E-state index contributed by atoms with van der Waals surface area (Å²) in [5.41, 5.74) is 3.61. The second kappa shape index (κ2) is 10.0. The molecule has 0 aliphatic carbocycles. The van der Waals surface area contributed by atoms with Gasteiger partial charge < -0.3 is 9.64 Å². The summed E-state index contributed by atoms with van der Waals surface area (Å²) in [6, 6.07) is 28.6. The van der Waals surface area contributed by atoms with E-state index in [-0.39, 0.29) is 18.1 Å². The van der Waals surface area contributed by atoms with Gasteiger partial charge in [-0.15, -0.1) is 0 Å². The first-order chi connectivity index (χ1) is 15.2. The van der Waals surface area contributed by atoms with Gasteiger partial charge in [0.1, 0.15) is 0 Å². The highest BCUT2D eigenvalue weighted by molar-refractivity contribution is 6.35. The molecule has 0 saturated carbocycles. The second-order valence-corrected chi connectivity index (χ2v) is 7.45. The van der Waals surface area contributed by atoms with E-state index < -0.39 is 0 Å². The molecule has 0 radical (unpaired) electrons. The monoisotopic (exact) mass is 411 g/mol. The molecule has 1 fully saturated rings. The molecule has 0 atom stereocenters. The first-order valence-electron chi connectivity index (χ1n) is 10.5. The number of ketones is 1. The maximum absolute atomic E-state index is 13.7. The zero-order valence-corrected chi connectivity index (χ0v) is 17.4. The van der Waals surface area contributed by atoms with Gasteiger partial charge in [-0.25, -0.2) is 0 Å². The van der Waals surface area contributed by atoms with E-state index in [9.17, 15) is 9.59 Å². The van der Waals surface area contributed by atoms with Gasteiger partial charge in [0.2, 0.25) is 5.91 Å². The summed E-state index contributed by atoms with van der Waals surface area (Å²) in [6.45, 7) is 2.25. The van der Waals surface area contributed by atoms with Crippen LogP contribution in [0.15, 0.2) is 91.0 Å². The molecule has 0 spiro atoms. The fourth-order valence-electron chi connectivity index (χ4n) is 3.83. The van der Waals surface area contributed by atoms with Crippen LogP contribution in [0.4, 0.5) is 0 Å². The molecule has 0 bridgehead atoms. The van der Waals surface area contributed by atoms with Crippen molar-refractivity contribution >= 4 is 22.8 Å². The highest BCUT2D eigenvalue weighted by atomic mass is 16.5. The van der Waals surface area contributed by atoms with E-state index in [0.29, 0.717) is 37.4 Å². The van der Waals surface area contributed by atoms with Crippen molar-refractivity contribution in [2.24, 2.45) is 0 Å². The van der Waals surface area contributed by atoms with Crippen LogP contribution in [0.25, 0.3) is 11.1 Å². The first-order valence-corrected chi connectivity index (χ1v) is 10.5. The van der Waals surface area contributed by atoms with Crippen molar-refractivity contribution in [1.82, 2.24) is 4.90 Å². The topological polar surface area (TPSA) is 46.6 Å². The minimum Gasteiger partial charge on any atom is -0.378 e. The van der Waals surface area contributed by atoms with Gasteiger partial charge in [-0.2, -0.15) is 0 Å². The van der Waals surface area contributed by atoms with Gasteiger partial charge in [-0.3, -0.25) is 9.59 Å². The zero-order chi connectivity index (χ0) is 21.5. The van der Waals surface area contributed by atoms with E-state index in [1.807, 2.05) is 95.9 Å². The number of rotatable bonds is 6. The summed E-state index contributed by atoms with van der Waals surface area (Å²) in [5, 5.41) is 0. The van der Waals surface area contributed by atoms with Gasteiger partial charge in [0, 0.05) is 24.2 Å². The number of nitrogens with zero attached hydrogens (tertiary/aromatic N) is 1. The number of carbonyl (C=O) groups is 2. The Morgan fingerprint density at radius 2 is 1.16 bits per heavy atom. The van der Waals surface area contributed by atoms with Gasteiger partial charge in [-0.05, 0) is 16.7 Å². The summed E-state index contributed by atoms with van der Waals surface area (Å²) >= 11 is 0. The first kappa shape index (κ1) is 20.8. The summed E-state index contributed by atoms with van der Waals surface area (Å²) in [5.74, 6) is -0.0723. The molecule has 3 aromatic rings. The van der Waals surface area contributed by atoms with Crippen molar-refractivity contribution in [3.05, 3.63) is 108 Å². The standard InChI is InChI=1S/C27H25NO3/c29-25(28-16-18-31-19-17-28)20-24(21-10-4-1-5-11-21)26(22-12-6-2-7-13-22)27(30)23-14-8-3-9-15-23/h1-15H,16-20H2/b26-24+. The molecule has 1 amide bonds. The molecule has 0 aromatic heterocycles. The lowest BCUT2D eigenvalue weighted by Gasteiger charge is -2.28. The quantitative estimate of drug-likeness (QED) is 0.335. The molecule has 4 heteroatoms. The summed E-state index contributed by atoms with van der Waals surface area (Å²) in [6.07, 6.45) is 0.160. The Hall–Kier alpha value is -3.50. The molecular weight excluding hydrogens is 386 g/mol. The van der Waals surface area contributed by atoms with E-state index >= 15 is 0 Å². The normalized spacial score (nSPS) is 14.6. The molecule has 1 saturated heterocycles. The van der Waals surface area contributed by atoms with E-state index in [2.05, 4.69) is 0 Å². The van der Waals surface area contributed by atoms with Crippen LogP contribution in [0.1, 0.15) is 27.9 Å². The predicted octanol–water partition coefficient (Wildman–Crippen LogP) is 4.73. The molecule has 1 aliphatic heterocycles. The number of ether oxygens (including phenoxy) is 1. The second-order valence-electron chi connectivity index (χ2n) is 7.45. The highest BCUT2D eigenvalue weighted by Gasteiger charge is 2.25. The number of hydrogen-bond acceptors (Lipinski definition) is 3. The Kier molecular flexibility index (Phi) is 6.70. The number of hydrogen-bond donors (Lipinski definition) is 0. The van der Waals surface area contributed by atoms with E-state index in [4.69, 9.17) is 4.74 Å². The molecule has 1 heterocycles. The number of Topliss-reactive ketones (excluding diaryl/α,β-unsaturated/α-hetero) is 1. The maximum atomic E-state index is 13.7. The van der Waals surface area contributed by atoms with Crippen LogP contribution in [0.5, 0.6) is 0 Å². The van der Waals surface area contributed by atoms with Gasteiger partial charge in [0.05, 0.1) is 19.6 Å². The molecule has 4 nitrogen and oxygen atoms in total. The molecule has 4 rings (SSSR count). The smallest absolute Gasteiger partial charge is 0.227 e. The van der Waals surface area contributed by atoms with E-state index in [1.54, 1.807) is 0 Å². The Morgan fingerprint density at radius 1 is 0.677 bits per heavy atom. The number of carbonyl (C=O) groups excluding carboxylic acids is 2. The number of benzene rings is 3. The third-order valence-corrected chi connectivity index (χ3v) is 5.44. The van der Waals surface area contributed by atoms with Crippen molar-refractivity contribution in [3.63, 3.8) is 0 Å². The summed E-state index contributed by atoms with van der Waals surface area (Å²) < 4.78 is 5.39. The van der Waals surface area contributed by atoms with Crippen LogP contribution >= 0.6 is 0 Å². The van der Waals surface area contributed by atoms with Crippen molar-refractivity contribution in [1.29, 1.82) is 0 Å². The minimum atomic E-state index is -0.0829. The third-order valence-electron chi connectivity index (χ3n) is 5.44. The van der Waals surface area contributed by atoms with Crippen molar-refractivity contribution in [2.45, 2.75) is 6.42 Å². The largest absolute Gasteiger partial charge is 0.378 e. The molecule has 0 unspecified atom stereocenters. The van der Waals surface area contributed by atoms with Gasteiger partial charge in [0.25, 0.3) is 0 Å². The van der Waals surface area contributed by atoms with Crippen LogP contribution in [0, 0.1) is 0 Å². The molecule has 1 aliphatic rings. The highest BCUT2D eigenvalue weighted by Crippen LogP contribution is 2.32. The average molecular weight is 412 g/mol. The molecule has 3 aromatic carbocycles. The lowest BCUT2D eigenvalue weighted by atomic mass is 9.87. The fraction of sp³-hybridized carbons (Fsp3) is 0.185. The van der Waals surface area contributed by atoms with Crippen LogP contribution < -0.4 is 0 Å². The molecule has 31 heavy (non-hydrogen) atoms. The van der Waals surface area contributed by atoms with E-state index in [1.165, 1.54) is 0 Å². The Bertz CT molecular complexity index is 1050. The van der Waals surface area contributed by atoms with Crippen molar-refractivity contribution in [2.75, 3.05) is 26.3 Å². The zero-order valence-electron chi connectivity index (χ0n) is 17.4. The number of allylic oxidation sites excluding steroid dienone is 1. The lowest BCUT2D eigenvalue weighted by Crippen LogP contribution is -2.40. The van der Waals surface area contributed by atoms with E-state index in [0.717, 1.165) is 16.7 Å². The Morgan fingerprint density at radius 3 is 1.71 bits per heavy atom. The van der Waals surface area contributed by atoms with Crippen LogP contribution in [0.2, 0.25) is 0 Å². The molecule has 156 valence electrons. The predicted molar refractivity (Wildman–Crippen MR) is 122 cm³/mol. The van der Waals surface area contributed by atoms with Gasteiger partial charge in [0.15, 0.2) is 5.78 Å². The average Bonchev–Trinajstić information content (AvgIpc) is 2.85. The minimum absolute atomic E-state index is 0.0106. The number of morpholine rings is 1. The van der Waals surface area contributed by atoms with Crippen LogP contribution in [-0.2, 0) is 9.53 Å². The number of amides is 1. The Labute approximate surface area is 182 Å². The van der Waals surface area contributed by atoms with Gasteiger partial charge >= 0.3 is 0 Å². The maximum Gasteiger partial charge on any atom is 0.227 e. The van der Waals surface area contributed by atoms with Gasteiger partial charge in [-0.1, -0.05) is 91.0 Å². The summed E-state index contributed by atoms with van der Waals surface area (Å²) in [4.78, 5) is 28.7. The third kappa shape index (κ3) is 4.98.